The molecule has 0 heterocycles. The Balaban J connectivity index is 4.23. The highest BCUT2D eigenvalue weighted by molar-refractivity contribution is 5.74. The van der Waals surface area contributed by atoms with E-state index in [1.807, 2.05) is 6.92 Å². The summed E-state index contributed by atoms with van der Waals surface area (Å²) in [6.45, 7) is 1.89. The van der Waals surface area contributed by atoms with Crippen molar-refractivity contribution in [2.75, 3.05) is 6.54 Å². The Hall–Kier alpha value is -1.18. The lowest BCUT2D eigenvalue weighted by Crippen LogP contribution is -2.53. The summed E-state index contributed by atoms with van der Waals surface area (Å²) in [5.41, 5.74) is 10.7. The van der Waals surface area contributed by atoms with Gasteiger partial charge in [0.1, 0.15) is 12.1 Å². The third kappa shape index (κ3) is 5.06. The molecule has 0 saturated heterocycles. The average molecular weight is 233 g/mol. The monoisotopic (exact) mass is 233 g/mol. The maximum absolute atomic E-state index is 10.7. The summed E-state index contributed by atoms with van der Waals surface area (Å²) < 4.78 is 0. The van der Waals surface area contributed by atoms with Crippen molar-refractivity contribution in [2.45, 2.75) is 37.9 Å². The minimum atomic E-state index is -1.13. The van der Waals surface area contributed by atoms with Crippen LogP contribution in [0.3, 0.4) is 0 Å². The molecule has 0 bridgehead atoms. The van der Waals surface area contributed by atoms with Crippen molar-refractivity contribution in [3.05, 3.63) is 0 Å². The standard InChI is InChI=1S/C9H19N3O4/c1-2-3-6(7(11)9(15)16)12-4-5(10)8(13)14/h5-7,12H,2-4,10-11H2,1H3,(H,13,14)(H,15,16). The second-order valence-corrected chi connectivity index (χ2v) is 3.61. The summed E-state index contributed by atoms with van der Waals surface area (Å²) in [5, 5.41) is 20.1. The molecule has 16 heavy (non-hydrogen) atoms. The quantitative estimate of drug-likeness (QED) is 0.346. The van der Waals surface area contributed by atoms with E-state index in [-0.39, 0.29) is 6.54 Å². The summed E-state index contributed by atoms with van der Waals surface area (Å²) >= 11 is 0. The number of carboxylic acids is 2. The van der Waals surface area contributed by atoms with Crippen molar-refractivity contribution in [3.8, 4) is 0 Å². The molecule has 0 rings (SSSR count). The minimum Gasteiger partial charge on any atom is -0.480 e. The summed E-state index contributed by atoms with van der Waals surface area (Å²) in [7, 11) is 0. The van der Waals surface area contributed by atoms with Gasteiger partial charge in [-0.3, -0.25) is 9.59 Å². The maximum Gasteiger partial charge on any atom is 0.322 e. The van der Waals surface area contributed by atoms with Crippen LogP contribution in [0.2, 0.25) is 0 Å². The van der Waals surface area contributed by atoms with Gasteiger partial charge in [0, 0.05) is 12.6 Å². The van der Waals surface area contributed by atoms with Crippen molar-refractivity contribution in [1.29, 1.82) is 0 Å². The second-order valence-electron chi connectivity index (χ2n) is 3.61. The fourth-order valence-corrected chi connectivity index (χ4v) is 1.26. The predicted molar refractivity (Wildman–Crippen MR) is 57.9 cm³/mol. The van der Waals surface area contributed by atoms with E-state index in [4.69, 9.17) is 21.7 Å². The molecule has 0 spiro atoms. The van der Waals surface area contributed by atoms with E-state index in [2.05, 4.69) is 5.32 Å². The molecule has 0 aliphatic carbocycles. The summed E-state index contributed by atoms with van der Waals surface area (Å²) in [4.78, 5) is 21.1. The topological polar surface area (TPSA) is 139 Å². The van der Waals surface area contributed by atoms with Gasteiger partial charge in [-0.2, -0.15) is 0 Å². The Morgan fingerprint density at radius 1 is 1.25 bits per heavy atom. The fourth-order valence-electron chi connectivity index (χ4n) is 1.26. The van der Waals surface area contributed by atoms with E-state index in [9.17, 15) is 9.59 Å². The van der Waals surface area contributed by atoms with E-state index in [1.54, 1.807) is 0 Å². The molecule has 0 amide bonds. The van der Waals surface area contributed by atoms with Gasteiger partial charge in [-0.25, -0.2) is 0 Å². The summed E-state index contributed by atoms with van der Waals surface area (Å²) in [6, 6.07) is -2.57. The first-order valence-electron chi connectivity index (χ1n) is 5.10. The SMILES string of the molecule is CCCC(NCC(N)C(=O)O)C(N)C(=O)O. The number of carboxylic acid groups (broad SMARTS) is 2. The lowest BCUT2D eigenvalue weighted by Gasteiger charge is -2.22. The molecule has 0 aromatic rings. The number of hydrogen-bond acceptors (Lipinski definition) is 5. The van der Waals surface area contributed by atoms with Crippen LogP contribution in [0.15, 0.2) is 0 Å². The van der Waals surface area contributed by atoms with Crippen LogP contribution in [0.5, 0.6) is 0 Å². The molecule has 3 unspecified atom stereocenters. The molecule has 0 aromatic heterocycles. The highest BCUT2D eigenvalue weighted by atomic mass is 16.4. The van der Waals surface area contributed by atoms with Gasteiger partial charge < -0.3 is 27.0 Å². The Morgan fingerprint density at radius 2 is 1.81 bits per heavy atom. The normalized spacial score (nSPS) is 16.4. The Bertz CT molecular complexity index is 247. The van der Waals surface area contributed by atoms with E-state index in [0.717, 1.165) is 6.42 Å². The van der Waals surface area contributed by atoms with Crippen LogP contribution in [0.25, 0.3) is 0 Å². The molecular weight excluding hydrogens is 214 g/mol. The smallest absolute Gasteiger partial charge is 0.322 e. The first-order chi connectivity index (χ1) is 7.40. The molecule has 0 aromatic carbocycles. The van der Waals surface area contributed by atoms with Crippen molar-refractivity contribution in [2.24, 2.45) is 11.5 Å². The Kier molecular flexibility index (Phi) is 6.63. The molecule has 7 nitrogen and oxygen atoms in total. The van der Waals surface area contributed by atoms with Crippen LogP contribution >= 0.6 is 0 Å². The first kappa shape index (κ1) is 14.8. The summed E-state index contributed by atoms with van der Waals surface area (Å²) in [6.07, 6.45) is 1.31. The molecule has 0 fully saturated rings. The fraction of sp³-hybridized carbons (Fsp3) is 0.778. The van der Waals surface area contributed by atoms with Crippen LogP contribution in [0.4, 0.5) is 0 Å². The van der Waals surface area contributed by atoms with Gasteiger partial charge in [0.05, 0.1) is 0 Å². The van der Waals surface area contributed by atoms with E-state index >= 15 is 0 Å². The highest BCUT2D eigenvalue weighted by Gasteiger charge is 2.24. The van der Waals surface area contributed by atoms with E-state index in [1.165, 1.54) is 0 Å². The number of carbonyl (C=O) groups is 2. The van der Waals surface area contributed by atoms with Crippen LogP contribution in [0, 0.1) is 0 Å². The molecule has 0 aliphatic rings. The van der Waals surface area contributed by atoms with Crippen molar-refractivity contribution in [1.82, 2.24) is 5.32 Å². The van der Waals surface area contributed by atoms with Crippen LogP contribution in [0.1, 0.15) is 19.8 Å². The zero-order valence-electron chi connectivity index (χ0n) is 9.22. The third-order valence-corrected chi connectivity index (χ3v) is 2.24. The zero-order valence-corrected chi connectivity index (χ0v) is 9.22. The van der Waals surface area contributed by atoms with E-state index < -0.39 is 30.1 Å². The number of rotatable bonds is 8. The zero-order chi connectivity index (χ0) is 12.7. The molecule has 94 valence electrons. The van der Waals surface area contributed by atoms with E-state index in [0.29, 0.717) is 6.42 Å². The van der Waals surface area contributed by atoms with Gasteiger partial charge in [-0.1, -0.05) is 13.3 Å². The molecule has 0 aliphatic heterocycles. The van der Waals surface area contributed by atoms with Gasteiger partial charge in [0.15, 0.2) is 0 Å². The van der Waals surface area contributed by atoms with Gasteiger partial charge in [0.25, 0.3) is 0 Å². The molecule has 0 radical (unpaired) electrons. The van der Waals surface area contributed by atoms with Crippen LogP contribution in [-0.2, 0) is 9.59 Å². The molecule has 0 saturated carbocycles. The lowest BCUT2D eigenvalue weighted by atomic mass is 10.0. The van der Waals surface area contributed by atoms with Crippen molar-refractivity contribution < 1.29 is 19.8 Å². The Morgan fingerprint density at radius 3 is 2.19 bits per heavy atom. The summed E-state index contributed by atoms with van der Waals surface area (Å²) in [5.74, 6) is -2.25. The van der Waals surface area contributed by atoms with Gasteiger partial charge in [-0.15, -0.1) is 0 Å². The first-order valence-corrected chi connectivity index (χ1v) is 5.10. The molecular formula is C9H19N3O4. The number of nitrogens with two attached hydrogens (primary N) is 2. The Labute approximate surface area is 93.8 Å². The molecule has 3 atom stereocenters. The van der Waals surface area contributed by atoms with Crippen molar-refractivity contribution >= 4 is 11.9 Å². The number of hydrogen-bond donors (Lipinski definition) is 5. The highest BCUT2D eigenvalue weighted by Crippen LogP contribution is 2.01. The van der Waals surface area contributed by atoms with Gasteiger partial charge >= 0.3 is 11.9 Å². The van der Waals surface area contributed by atoms with Gasteiger partial charge in [0.2, 0.25) is 0 Å². The average Bonchev–Trinajstić information content (AvgIpc) is 2.22. The minimum absolute atomic E-state index is 0.000972. The van der Waals surface area contributed by atoms with Crippen LogP contribution < -0.4 is 16.8 Å². The molecule has 7 N–H and O–H groups in total. The van der Waals surface area contributed by atoms with Crippen LogP contribution in [-0.4, -0.2) is 46.8 Å². The third-order valence-electron chi connectivity index (χ3n) is 2.24. The predicted octanol–water partition coefficient (Wildman–Crippen LogP) is -1.43. The number of nitrogens with one attached hydrogen (secondary N) is 1. The number of aliphatic carboxylic acids is 2. The van der Waals surface area contributed by atoms with Crippen molar-refractivity contribution in [3.63, 3.8) is 0 Å². The largest absolute Gasteiger partial charge is 0.480 e. The van der Waals surface area contributed by atoms with Gasteiger partial charge in [-0.05, 0) is 6.42 Å². The maximum atomic E-state index is 10.7. The second kappa shape index (κ2) is 7.15. The molecule has 7 heteroatoms. The lowest BCUT2D eigenvalue weighted by molar-refractivity contribution is -0.139.